The maximum absolute atomic E-state index is 11.7. The summed E-state index contributed by atoms with van der Waals surface area (Å²) in [6.45, 7) is 0.383. The summed E-state index contributed by atoms with van der Waals surface area (Å²) in [6.07, 6.45) is 2.01. The summed E-state index contributed by atoms with van der Waals surface area (Å²) < 4.78 is 24.7. The highest BCUT2D eigenvalue weighted by atomic mass is 35.5. The van der Waals surface area contributed by atoms with Gasteiger partial charge in [0.15, 0.2) is 0 Å². The summed E-state index contributed by atoms with van der Waals surface area (Å²) in [5.41, 5.74) is 0.975. The van der Waals surface area contributed by atoms with Crippen LogP contribution < -0.4 is 0 Å². The van der Waals surface area contributed by atoms with Crippen LogP contribution in [0.1, 0.15) is 5.56 Å². The van der Waals surface area contributed by atoms with E-state index in [9.17, 15) is 8.42 Å². The normalized spacial score (nSPS) is 12.0. The van der Waals surface area contributed by atoms with Crippen molar-refractivity contribution < 1.29 is 8.42 Å². The minimum atomic E-state index is -3.23. The number of nitrogens with zero attached hydrogens (tertiary/aromatic N) is 1. The number of sulfonamides is 1. The molecule has 0 N–H and O–H groups in total. The molecule has 0 fully saturated rings. The summed E-state index contributed by atoms with van der Waals surface area (Å²) in [7, 11) is -1.65. The van der Waals surface area contributed by atoms with Gasteiger partial charge in [-0.15, -0.1) is 23.4 Å². The number of hydrogen-bond donors (Lipinski definition) is 0. The monoisotopic (exact) mass is 293 g/mol. The lowest BCUT2D eigenvalue weighted by Crippen LogP contribution is -2.29. The summed E-state index contributed by atoms with van der Waals surface area (Å²) in [4.78, 5) is 1.17. The molecule has 0 saturated carbocycles. The van der Waals surface area contributed by atoms with E-state index in [1.54, 1.807) is 18.8 Å². The Labute approximate surface area is 112 Å². The molecule has 0 atom stereocenters. The van der Waals surface area contributed by atoms with Crippen LogP contribution in [-0.2, 0) is 16.6 Å². The predicted octanol–water partition coefficient (Wildman–Crippen LogP) is 2.41. The molecule has 0 saturated heterocycles. The van der Waals surface area contributed by atoms with E-state index in [2.05, 4.69) is 0 Å². The van der Waals surface area contributed by atoms with Crippen molar-refractivity contribution in [1.82, 2.24) is 4.31 Å². The van der Waals surface area contributed by atoms with E-state index >= 15 is 0 Å². The van der Waals surface area contributed by atoms with Gasteiger partial charge in [0.05, 0.1) is 5.75 Å². The molecule has 0 aliphatic carbocycles. The molecule has 96 valence electrons. The summed E-state index contributed by atoms with van der Waals surface area (Å²) in [5.74, 6) is 0.103. The Morgan fingerprint density at radius 3 is 2.35 bits per heavy atom. The van der Waals surface area contributed by atoms with Crippen molar-refractivity contribution in [3.05, 3.63) is 29.8 Å². The molecule has 1 aromatic carbocycles. The zero-order valence-corrected chi connectivity index (χ0v) is 12.3. The van der Waals surface area contributed by atoms with Crippen molar-refractivity contribution in [3.63, 3.8) is 0 Å². The van der Waals surface area contributed by atoms with Crippen molar-refractivity contribution in [3.8, 4) is 0 Å². The lowest BCUT2D eigenvalue weighted by molar-refractivity contribution is 0.468. The van der Waals surface area contributed by atoms with E-state index < -0.39 is 10.0 Å². The van der Waals surface area contributed by atoms with E-state index in [0.717, 1.165) is 5.56 Å². The molecule has 1 aromatic rings. The molecule has 0 aliphatic heterocycles. The molecule has 0 spiro atoms. The number of benzene rings is 1. The van der Waals surface area contributed by atoms with Crippen LogP contribution >= 0.6 is 23.4 Å². The van der Waals surface area contributed by atoms with Crippen molar-refractivity contribution in [2.45, 2.75) is 11.4 Å². The molecular formula is C11H16ClNO2S2. The van der Waals surface area contributed by atoms with Gasteiger partial charge in [-0.1, -0.05) is 12.1 Å². The fourth-order valence-corrected chi connectivity index (χ4v) is 3.19. The second-order valence-electron chi connectivity index (χ2n) is 3.61. The highest BCUT2D eigenvalue weighted by molar-refractivity contribution is 7.98. The molecule has 6 heteroatoms. The number of thioether (sulfide) groups is 1. The highest BCUT2D eigenvalue weighted by Gasteiger charge is 2.16. The molecule has 0 bridgehead atoms. The Morgan fingerprint density at radius 2 is 1.88 bits per heavy atom. The topological polar surface area (TPSA) is 37.4 Å². The molecule has 0 heterocycles. The van der Waals surface area contributed by atoms with Gasteiger partial charge in [-0.05, 0) is 24.0 Å². The van der Waals surface area contributed by atoms with Crippen molar-refractivity contribution in [2.24, 2.45) is 0 Å². The standard InChI is InChI=1S/C11H16ClNO2S2/c1-13(17(14,15)8-7-12)9-10-3-5-11(16-2)6-4-10/h3-6H,7-9H2,1-2H3. The predicted molar refractivity (Wildman–Crippen MR) is 74.2 cm³/mol. The lowest BCUT2D eigenvalue weighted by Gasteiger charge is -2.16. The molecule has 3 nitrogen and oxygen atoms in total. The SMILES string of the molecule is CSc1ccc(CN(C)S(=O)(=O)CCCl)cc1. The van der Waals surface area contributed by atoms with E-state index in [1.807, 2.05) is 30.5 Å². The van der Waals surface area contributed by atoms with Crippen LogP contribution in [0.4, 0.5) is 0 Å². The maximum Gasteiger partial charge on any atom is 0.215 e. The van der Waals surface area contributed by atoms with Gasteiger partial charge < -0.3 is 0 Å². The third-order valence-corrected chi connectivity index (χ3v) is 5.33. The molecule has 17 heavy (non-hydrogen) atoms. The van der Waals surface area contributed by atoms with Gasteiger partial charge in [0.25, 0.3) is 0 Å². The van der Waals surface area contributed by atoms with Crippen molar-refractivity contribution in [1.29, 1.82) is 0 Å². The van der Waals surface area contributed by atoms with Gasteiger partial charge in [0, 0.05) is 24.4 Å². The number of halogens is 1. The number of alkyl halides is 1. The van der Waals surface area contributed by atoms with Gasteiger partial charge in [-0.25, -0.2) is 12.7 Å². The summed E-state index contributed by atoms with van der Waals surface area (Å²) >= 11 is 7.12. The average Bonchev–Trinajstić information content (AvgIpc) is 2.30. The third-order valence-electron chi connectivity index (χ3n) is 2.37. The van der Waals surface area contributed by atoms with Gasteiger partial charge in [-0.2, -0.15) is 0 Å². The van der Waals surface area contributed by atoms with Crippen LogP contribution in [0.25, 0.3) is 0 Å². The number of rotatable bonds is 6. The van der Waals surface area contributed by atoms with Crippen LogP contribution in [0.3, 0.4) is 0 Å². The quantitative estimate of drug-likeness (QED) is 0.597. The third kappa shape index (κ3) is 4.50. The van der Waals surface area contributed by atoms with Crippen molar-refractivity contribution in [2.75, 3.05) is 24.9 Å². The molecule has 1 rings (SSSR count). The molecule has 0 aromatic heterocycles. The Hall–Kier alpha value is -0.230. The Kier molecular flexibility index (Phi) is 5.79. The van der Waals surface area contributed by atoms with Gasteiger partial charge in [-0.3, -0.25) is 0 Å². The Morgan fingerprint density at radius 1 is 1.29 bits per heavy atom. The van der Waals surface area contributed by atoms with Crippen LogP contribution in [0.15, 0.2) is 29.2 Å². The van der Waals surface area contributed by atoms with E-state index in [1.165, 1.54) is 9.20 Å². The van der Waals surface area contributed by atoms with Crippen LogP contribution in [0, 0.1) is 0 Å². The minimum absolute atomic E-state index is 0.0199. The second kappa shape index (κ2) is 6.64. The van der Waals surface area contributed by atoms with Crippen LogP contribution in [0.2, 0.25) is 0 Å². The zero-order chi connectivity index (χ0) is 12.9. The lowest BCUT2D eigenvalue weighted by atomic mass is 10.2. The van der Waals surface area contributed by atoms with Gasteiger partial charge in [0.1, 0.15) is 0 Å². The first-order chi connectivity index (χ1) is 7.99. The first kappa shape index (κ1) is 14.8. The first-order valence-electron chi connectivity index (χ1n) is 5.12. The average molecular weight is 294 g/mol. The van der Waals surface area contributed by atoms with E-state index in [4.69, 9.17) is 11.6 Å². The Bertz CT molecular complexity index is 445. The largest absolute Gasteiger partial charge is 0.215 e. The fourth-order valence-electron chi connectivity index (χ4n) is 1.34. The molecule has 0 unspecified atom stereocenters. The van der Waals surface area contributed by atoms with Crippen LogP contribution in [-0.4, -0.2) is 37.7 Å². The second-order valence-corrected chi connectivity index (χ2v) is 7.06. The van der Waals surface area contributed by atoms with Crippen molar-refractivity contribution >= 4 is 33.4 Å². The smallest absolute Gasteiger partial charge is 0.212 e. The van der Waals surface area contributed by atoms with Crippen LogP contribution in [0.5, 0.6) is 0 Å². The highest BCUT2D eigenvalue weighted by Crippen LogP contribution is 2.16. The molecular weight excluding hydrogens is 278 g/mol. The van der Waals surface area contributed by atoms with Gasteiger partial charge >= 0.3 is 0 Å². The zero-order valence-electron chi connectivity index (χ0n) is 9.89. The maximum atomic E-state index is 11.7. The van der Waals surface area contributed by atoms with E-state index in [0.29, 0.717) is 6.54 Å². The van der Waals surface area contributed by atoms with E-state index in [-0.39, 0.29) is 11.6 Å². The minimum Gasteiger partial charge on any atom is -0.212 e. The first-order valence-corrected chi connectivity index (χ1v) is 8.49. The molecule has 0 radical (unpaired) electrons. The number of hydrogen-bond acceptors (Lipinski definition) is 3. The van der Waals surface area contributed by atoms with Gasteiger partial charge in [0.2, 0.25) is 10.0 Å². The molecule has 0 aliphatic rings. The fraction of sp³-hybridized carbons (Fsp3) is 0.455. The molecule has 0 amide bonds. The summed E-state index contributed by atoms with van der Waals surface area (Å²) in [5, 5.41) is 0. The summed E-state index contributed by atoms with van der Waals surface area (Å²) in [6, 6.07) is 7.86. The Balaban J connectivity index is 2.70.